The second-order valence-electron chi connectivity index (χ2n) is 11.9. The van der Waals surface area contributed by atoms with Gasteiger partial charge in [-0.15, -0.1) is 0 Å². The highest BCUT2D eigenvalue weighted by Gasteiger charge is 2.83. The zero-order chi connectivity index (χ0) is 28.2. The monoisotopic (exact) mass is 542 g/mol. The average molecular weight is 543 g/mol. The van der Waals surface area contributed by atoms with Crippen molar-refractivity contribution >= 4 is 5.78 Å². The van der Waals surface area contributed by atoms with Gasteiger partial charge in [0.15, 0.2) is 11.5 Å². The quantitative estimate of drug-likeness (QED) is 0.594. The number of rotatable bonds is 4. The molecule has 4 heterocycles. The van der Waals surface area contributed by atoms with Crippen LogP contribution >= 0.6 is 0 Å². The van der Waals surface area contributed by atoms with E-state index in [1.807, 2.05) is 13.8 Å². The Bertz CT molecular complexity index is 1420. The lowest BCUT2D eigenvalue weighted by Gasteiger charge is -2.73. The van der Waals surface area contributed by atoms with Crippen molar-refractivity contribution in [3.63, 3.8) is 0 Å². The van der Waals surface area contributed by atoms with E-state index in [0.717, 1.165) is 0 Å². The Kier molecular flexibility index (Phi) is 5.36. The highest BCUT2D eigenvalue weighted by Crippen LogP contribution is 2.69. The predicted molar refractivity (Wildman–Crippen MR) is 138 cm³/mol. The molecule has 0 radical (unpaired) electrons. The summed E-state index contributed by atoms with van der Waals surface area (Å²) in [5.74, 6) is 1.35. The van der Waals surface area contributed by atoms with Gasteiger partial charge in [0.2, 0.25) is 5.75 Å². The number of carbonyl (C=O) groups excluding carboxylic acids is 1. The Hall–Kier alpha value is -3.08. The lowest BCUT2D eigenvalue weighted by Crippen LogP contribution is -2.88. The number of ether oxygens (including phenoxy) is 5. The number of ketones is 1. The predicted octanol–water partition coefficient (Wildman–Crippen LogP) is 2.67. The first-order chi connectivity index (χ1) is 18.3. The number of aliphatic hydroxyl groups is 2. The summed E-state index contributed by atoms with van der Waals surface area (Å²) in [5.41, 5.74) is -7.32. The van der Waals surface area contributed by atoms with Crippen LogP contribution in [0, 0.1) is 10.8 Å². The van der Waals surface area contributed by atoms with Gasteiger partial charge in [-0.1, -0.05) is 13.8 Å². The summed E-state index contributed by atoms with van der Waals surface area (Å²) in [4.78, 5) is 27.2. The number of hydrogen-bond donors (Lipinski definition) is 2. The topological polar surface area (TPSA) is 134 Å². The molecule has 5 aliphatic rings. The van der Waals surface area contributed by atoms with Gasteiger partial charge in [0.25, 0.3) is 0 Å². The molecular formula is C29H34O10. The van der Waals surface area contributed by atoms with Crippen LogP contribution in [0.4, 0.5) is 0 Å². The third kappa shape index (κ3) is 2.92. The molecule has 2 aliphatic carbocycles. The Balaban J connectivity index is 1.50. The van der Waals surface area contributed by atoms with E-state index in [0.29, 0.717) is 22.8 Å². The minimum Gasteiger partial charge on any atom is -0.493 e. The second-order valence-corrected chi connectivity index (χ2v) is 11.9. The number of methoxy groups -OCH3 is 3. The van der Waals surface area contributed by atoms with E-state index in [9.17, 15) is 19.8 Å². The van der Waals surface area contributed by atoms with Crippen molar-refractivity contribution < 1.29 is 43.1 Å². The molecule has 1 spiro atoms. The van der Waals surface area contributed by atoms with Crippen molar-refractivity contribution in [3.8, 4) is 34.3 Å². The van der Waals surface area contributed by atoms with E-state index < -0.39 is 39.4 Å². The minimum absolute atomic E-state index is 0.0786. The molecule has 2 saturated carbocycles. The van der Waals surface area contributed by atoms with Gasteiger partial charge in [-0.25, -0.2) is 4.79 Å². The maximum Gasteiger partial charge on any atom is 0.343 e. The molecule has 2 saturated heterocycles. The third-order valence-electron chi connectivity index (χ3n) is 10.2. The Morgan fingerprint density at radius 3 is 2.18 bits per heavy atom. The molecule has 7 rings (SSSR count). The highest BCUT2D eigenvalue weighted by molar-refractivity contribution is 5.91. The average Bonchev–Trinajstić information content (AvgIpc) is 2.90. The van der Waals surface area contributed by atoms with Crippen molar-refractivity contribution in [1.82, 2.24) is 0 Å². The van der Waals surface area contributed by atoms with Gasteiger partial charge in [-0.05, 0) is 31.9 Å². The van der Waals surface area contributed by atoms with Crippen LogP contribution in [0.2, 0.25) is 0 Å². The number of Topliss-reactive ketones (excluding diaryl/α,β-unsaturated/α-hetero) is 1. The highest BCUT2D eigenvalue weighted by atomic mass is 16.5. The van der Waals surface area contributed by atoms with E-state index >= 15 is 0 Å². The van der Waals surface area contributed by atoms with Crippen LogP contribution in [0.5, 0.6) is 23.0 Å². The zero-order valence-corrected chi connectivity index (χ0v) is 23.0. The third-order valence-corrected chi connectivity index (χ3v) is 10.2. The van der Waals surface area contributed by atoms with Gasteiger partial charge < -0.3 is 38.3 Å². The van der Waals surface area contributed by atoms with Gasteiger partial charge in [-0.3, -0.25) is 4.79 Å². The van der Waals surface area contributed by atoms with E-state index in [2.05, 4.69) is 0 Å². The van der Waals surface area contributed by atoms with Crippen molar-refractivity contribution in [2.24, 2.45) is 10.8 Å². The van der Waals surface area contributed by atoms with E-state index in [1.54, 1.807) is 25.1 Å². The largest absolute Gasteiger partial charge is 0.493 e. The van der Waals surface area contributed by atoms with Gasteiger partial charge >= 0.3 is 5.63 Å². The summed E-state index contributed by atoms with van der Waals surface area (Å²) in [5, 5.41) is 24.7. The van der Waals surface area contributed by atoms with Crippen LogP contribution in [-0.2, 0) is 16.0 Å². The number of benzene rings is 1. The van der Waals surface area contributed by atoms with Gasteiger partial charge in [0, 0.05) is 29.9 Å². The lowest BCUT2D eigenvalue weighted by atomic mass is 9.37. The van der Waals surface area contributed by atoms with E-state index in [4.69, 9.17) is 28.1 Å². The fourth-order valence-electron chi connectivity index (χ4n) is 7.73. The Morgan fingerprint density at radius 1 is 0.923 bits per heavy atom. The molecule has 1 aromatic heterocycles. The molecular weight excluding hydrogens is 508 g/mol. The second kappa shape index (κ2) is 7.99. The molecule has 3 aliphatic heterocycles. The maximum absolute atomic E-state index is 13.7. The first-order valence-corrected chi connectivity index (χ1v) is 13.1. The summed E-state index contributed by atoms with van der Waals surface area (Å²) >= 11 is 0. The molecule has 4 fully saturated rings. The number of carbonyl (C=O) groups is 1. The van der Waals surface area contributed by atoms with Gasteiger partial charge in [0.05, 0.1) is 45.2 Å². The molecule has 2 aromatic rings. The van der Waals surface area contributed by atoms with Crippen molar-refractivity contribution in [2.45, 2.75) is 69.4 Å². The van der Waals surface area contributed by atoms with Crippen LogP contribution in [0.15, 0.2) is 27.4 Å². The van der Waals surface area contributed by atoms with Gasteiger partial charge in [-0.2, -0.15) is 0 Å². The Labute approximate surface area is 225 Å². The molecule has 210 valence electrons. The van der Waals surface area contributed by atoms with E-state index in [-0.39, 0.29) is 55.1 Å². The van der Waals surface area contributed by atoms with Crippen molar-refractivity contribution in [2.75, 3.05) is 27.9 Å². The normalized spacial score (nSPS) is 35.8. The fourth-order valence-corrected chi connectivity index (χ4v) is 7.73. The van der Waals surface area contributed by atoms with Crippen LogP contribution in [-0.4, -0.2) is 66.8 Å². The molecule has 10 nitrogen and oxygen atoms in total. The van der Waals surface area contributed by atoms with E-state index in [1.165, 1.54) is 21.3 Å². The Morgan fingerprint density at radius 2 is 1.59 bits per heavy atom. The molecule has 39 heavy (non-hydrogen) atoms. The SMILES string of the molecule is COc1cc(-c2cc3c(c(=O)o2)C[C@]2(O)[C@@]45COC(CC4=O)C(C)(C)[C@]5(O)CC[C@@]2(C)O3)cc(OC)c1OC. The van der Waals surface area contributed by atoms with Gasteiger partial charge in [0.1, 0.15) is 33.9 Å². The van der Waals surface area contributed by atoms with Crippen LogP contribution in [0.1, 0.15) is 45.6 Å². The lowest BCUT2D eigenvalue weighted by molar-refractivity contribution is -0.369. The van der Waals surface area contributed by atoms with Crippen LogP contribution < -0.4 is 24.6 Å². The van der Waals surface area contributed by atoms with Crippen LogP contribution in [0.25, 0.3) is 11.3 Å². The molecule has 1 unspecified atom stereocenters. The minimum atomic E-state index is -1.91. The summed E-state index contributed by atoms with van der Waals surface area (Å²) in [6, 6.07) is 4.91. The van der Waals surface area contributed by atoms with Crippen LogP contribution in [0.3, 0.4) is 0 Å². The smallest absolute Gasteiger partial charge is 0.343 e. The first-order valence-electron chi connectivity index (χ1n) is 13.1. The molecule has 1 aromatic carbocycles. The molecule has 2 bridgehead atoms. The maximum atomic E-state index is 13.7. The van der Waals surface area contributed by atoms with Crippen molar-refractivity contribution in [1.29, 1.82) is 0 Å². The molecule has 10 heteroatoms. The van der Waals surface area contributed by atoms with Crippen molar-refractivity contribution in [3.05, 3.63) is 34.2 Å². The fraction of sp³-hybridized carbons (Fsp3) is 0.586. The zero-order valence-electron chi connectivity index (χ0n) is 23.0. The molecule has 0 amide bonds. The summed E-state index contributed by atoms with van der Waals surface area (Å²) in [7, 11) is 4.47. The first kappa shape index (κ1) is 26.2. The summed E-state index contributed by atoms with van der Waals surface area (Å²) in [6.07, 6.45) is -0.0946. The summed E-state index contributed by atoms with van der Waals surface area (Å²) in [6.45, 7) is 5.34. The molecule has 2 N–H and O–H groups in total. The number of hydrogen-bond acceptors (Lipinski definition) is 10. The standard InChI is InChI=1S/C29H34O10/c1-25(2)22-12-21(30)27(14-37-22)28(25,32)8-7-26(3)29(27,33)13-16-18(39-26)11-17(38-24(16)31)15-9-19(34-4)23(36-6)20(10-15)35-5/h9-11,22,32-33H,7-8,12-14H2,1-6H3/t22?,26-,27+,28-,29-/m1/s1. The number of fused-ring (bicyclic) bond motifs is 4. The molecule has 5 atom stereocenters. The summed E-state index contributed by atoms with van der Waals surface area (Å²) < 4.78 is 34.5.